The van der Waals surface area contributed by atoms with Crippen LogP contribution in [0.15, 0.2) is 36.4 Å². The van der Waals surface area contributed by atoms with Crippen LogP contribution >= 0.6 is 0 Å². The van der Waals surface area contributed by atoms with Gasteiger partial charge in [0.1, 0.15) is 6.61 Å². The predicted octanol–water partition coefficient (Wildman–Crippen LogP) is 4.92. The number of halogens is 3. The van der Waals surface area contributed by atoms with Gasteiger partial charge in [0.05, 0.1) is 11.1 Å². The lowest BCUT2D eigenvalue weighted by Gasteiger charge is -2.11. The van der Waals surface area contributed by atoms with Crippen molar-refractivity contribution >= 4 is 5.97 Å². The van der Waals surface area contributed by atoms with Gasteiger partial charge in [-0.3, -0.25) is 0 Å². The lowest BCUT2D eigenvalue weighted by Crippen LogP contribution is -2.04. The monoisotopic (exact) mass is 318 g/mol. The summed E-state index contributed by atoms with van der Waals surface area (Å²) in [7, 11) is 0. The fourth-order valence-electron chi connectivity index (χ4n) is 3.03. The first kappa shape index (κ1) is 14.3. The number of esters is 1. The second-order valence-electron chi connectivity index (χ2n) is 6.02. The fourth-order valence-corrected chi connectivity index (χ4v) is 3.03. The minimum absolute atomic E-state index is 0.299. The standard InChI is InChI=1S/C18H13F3O2/c19-18(20,21)13-5-3-10(4-6-13)12-7-14(11-1-2-11)16-9-23-17(22)15(16)8-12/h3-8,11H,1-2,9H2. The Labute approximate surface area is 130 Å². The molecule has 2 aromatic carbocycles. The van der Waals surface area contributed by atoms with E-state index in [0.717, 1.165) is 41.7 Å². The summed E-state index contributed by atoms with van der Waals surface area (Å²) in [6, 6.07) is 8.73. The Kier molecular flexibility index (Phi) is 3.01. The highest BCUT2D eigenvalue weighted by atomic mass is 19.4. The Morgan fingerprint density at radius 1 is 1.00 bits per heavy atom. The van der Waals surface area contributed by atoms with Crippen LogP contribution in [-0.4, -0.2) is 5.97 Å². The van der Waals surface area contributed by atoms with Crippen molar-refractivity contribution in [2.45, 2.75) is 31.5 Å². The zero-order chi connectivity index (χ0) is 16.2. The van der Waals surface area contributed by atoms with E-state index in [1.807, 2.05) is 6.07 Å². The molecular weight excluding hydrogens is 305 g/mol. The van der Waals surface area contributed by atoms with E-state index in [2.05, 4.69) is 0 Å². The van der Waals surface area contributed by atoms with Crippen molar-refractivity contribution in [2.24, 2.45) is 0 Å². The third-order valence-electron chi connectivity index (χ3n) is 4.41. The summed E-state index contributed by atoms with van der Waals surface area (Å²) in [6.45, 7) is 0.299. The van der Waals surface area contributed by atoms with Crippen LogP contribution in [0.25, 0.3) is 11.1 Å². The number of carbonyl (C=O) groups is 1. The van der Waals surface area contributed by atoms with Crippen LogP contribution in [0.1, 0.15) is 45.8 Å². The lowest BCUT2D eigenvalue weighted by atomic mass is 9.93. The number of carbonyl (C=O) groups excluding carboxylic acids is 1. The maximum absolute atomic E-state index is 12.7. The van der Waals surface area contributed by atoms with E-state index in [-0.39, 0.29) is 5.97 Å². The molecule has 118 valence electrons. The van der Waals surface area contributed by atoms with Crippen molar-refractivity contribution in [1.82, 2.24) is 0 Å². The lowest BCUT2D eigenvalue weighted by molar-refractivity contribution is -0.137. The molecule has 1 heterocycles. The van der Waals surface area contributed by atoms with Crippen LogP contribution < -0.4 is 0 Å². The van der Waals surface area contributed by atoms with Gasteiger partial charge in [0, 0.05) is 5.56 Å². The predicted molar refractivity (Wildman–Crippen MR) is 78.0 cm³/mol. The fraction of sp³-hybridized carbons (Fsp3) is 0.278. The van der Waals surface area contributed by atoms with Crippen molar-refractivity contribution < 1.29 is 22.7 Å². The third-order valence-corrected chi connectivity index (χ3v) is 4.41. The summed E-state index contributed by atoms with van der Waals surface area (Å²) in [5.41, 5.74) is 3.34. The highest BCUT2D eigenvalue weighted by Gasteiger charge is 2.33. The quantitative estimate of drug-likeness (QED) is 0.735. The third kappa shape index (κ3) is 2.50. The Hall–Kier alpha value is -2.30. The topological polar surface area (TPSA) is 26.3 Å². The number of fused-ring (bicyclic) bond motifs is 1. The summed E-state index contributed by atoms with van der Waals surface area (Å²) in [4.78, 5) is 11.9. The Morgan fingerprint density at radius 2 is 1.70 bits per heavy atom. The molecule has 0 aromatic heterocycles. The molecule has 23 heavy (non-hydrogen) atoms. The molecule has 4 rings (SSSR count). The highest BCUT2D eigenvalue weighted by molar-refractivity contribution is 5.95. The summed E-state index contributed by atoms with van der Waals surface area (Å²) in [5, 5.41) is 0. The molecule has 0 N–H and O–H groups in total. The van der Waals surface area contributed by atoms with Crippen LogP contribution in [0, 0.1) is 0 Å². The number of ether oxygens (including phenoxy) is 1. The number of alkyl halides is 3. The number of hydrogen-bond donors (Lipinski definition) is 0. The molecule has 0 radical (unpaired) electrons. The van der Waals surface area contributed by atoms with E-state index in [4.69, 9.17) is 4.74 Å². The summed E-state index contributed by atoms with van der Waals surface area (Å²) in [5.74, 6) is 0.0864. The zero-order valence-electron chi connectivity index (χ0n) is 12.1. The molecule has 0 amide bonds. The van der Waals surface area contributed by atoms with E-state index < -0.39 is 11.7 Å². The van der Waals surface area contributed by atoms with Crippen LogP contribution in [-0.2, 0) is 17.5 Å². The molecule has 2 aromatic rings. The molecular formula is C18H13F3O2. The molecule has 1 saturated carbocycles. The second kappa shape index (κ2) is 4.85. The molecule has 0 unspecified atom stereocenters. The van der Waals surface area contributed by atoms with E-state index in [1.54, 1.807) is 6.07 Å². The van der Waals surface area contributed by atoms with Crippen molar-refractivity contribution in [1.29, 1.82) is 0 Å². The largest absolute Gasteiger partial charge is 0.457 e. The minimum atomic E-state index is -4.35. The molecule has 1 aliphatic heterocycles. The van der Waals surface area contributed by atoms with Crippen molar-refractivity contribution in [3.05, 3.63) is 58.7 Å². The average molecular weight is 318 g/mol. The molecule has 0 saturated heterocycles. The Bertz CT molecular complexity index is 787. The van der Waals surface area contributed by atoms with Gasteiger partial charge < -0.3 is 4.74 Å². The van der Waals surface area contributed by atoms with Crippen LogP contribution in [0.5, 0.6) is 0 Å². The SMILES string of the molecule is O=C1OCc2c1cc(-c1ccc(C(F)(F)F)cc1)cc2C1CC1. The maximum atomic E-state index is 12.7. The van der Waals surface area contributed by atoms with Gasteiger partial charge in [-0.2, -0.15) is 13.2 Å². The first-order valence-corrected chi connectivity index (χ1v) is 7.45. The van der Waals surface area contributed by atoms with Gasteiger partial charge in [0.25, 0.3) is 0 Å². The van der Waals surface area contributed by atoms with Gasteiger partial charge in [0.2, 0.25) is 0 Å². The van der Waals surface area contributed by atoms with Crippen molar-refractivity contribution in [3.63, 3.8) is 0 Å². The molecule has 1 fully saturated rings. The van der Waals surface area contributed by atoms with Gasteiger partial charge in [-0.15, -0.1) is 0 Å². The van der Waals surface area contributed by atoms with E-state index in [0.29, 0.717) is 23.7 Å². The van der Waals surface area contributed by atoms with Crippen LogP contribution in [0.3, 0.4) is 0 Å². The van der Waals surface area contributed by atoms with Gasteiger partial charge >= 0.3 is 12.1 Å². The van der Waals surface area contributed by atoms with E-state index in [9.17, 15) is 18.0 Å². The second-order valence-corrected chi connectivity index (χ2v) is 6.02. The summed E-state index contributed by atoms with van der Waals surface area (Å²) < 4.78 is 43.1. The minimum Gasteiger partial charge on any atom is -0.457 e. The number of hydrogen-bond acceptors (Lipinski definition) is 2. The van der Waals surface area contributed by atoms with Gasteiger partial charge in [-0.05, 0) is 53.6 Å². The zero-order valence-corrected chi connectivity index (χ0v) is 12.1. The average Bonchev–Trinajstić information content (AvgIpc) is 3.30. The molecule has 1 aliphatic carbocycles. The molecule has 2 aliphatic rings. The highest BCUT2D eigenvalue weighted by Crippen LogP contribution is 2.45. The Balaban J connectivity index is 1.79. The number of cyclic esters (lactones) is 1. The van der Waals surface area contributed by atoms with Crippen LogP contribution in [0.2, 0.25) is 0 Å². The Morgan fingerprint density at radius 3 is 2.30 bits per heavy atom. The molecule has 0 atom stereocenters. The van der Waals surface area contributed by atoms with E-state index in [1.165, 1.54) is 12.1 Å². The number of benzene rings is 2. The number of rotatable bonds is 2. The van der Waals surface area contributed by atoms with E-state index >= 15 is 0 Å². The van der Waals surface area contributed by atoms with Crippen molar-refractivity contribution in [3.8, 4) is 11.1 Å². The van der Waals surface area contributed by atoms with Gasteiger partial charge in [-0.25, -0.2) is 4.79 Å². The summed E-state index contributed by atoms with van der Waals surface area (Å²) in [6.07, 6.45) is -2.19. The van der Waals surface area contributed by atoms with Gasteiger partial charge in [-0.1, -0.05) is 18.2 Å². The van der Waals surface area contributed by atoms with Crippen LogP contribution in [0.4, 0.5) is 13.2 Å². The molecule has 0 spiro atoms. The van der Waals surface area contributed by atoms with Crippen molar-refractivity contribution in [2.75, 3.05) is 0 Å². The molecule has 0 bridgehead atoms. The molecule has 5 heteroatoms. The first-order valence-electron chi connectivity index (χ1n) is 7.45. The first-order chi connectivity index (χ1) is 10.9. The van der Waals surface area contributed by atoms with Gasteiger partial charge in [0.15, 0.2) is 0 Å². The maximum Gasteiger partial charge on any atom is 0.416 e. The summed E-state index contributed by atoms with van der Waals surface area (Å²) >= 11 is 0. The normalized spacial score (nSPS) is 17.1. The molecule has 2 nitrogen and oxygen atoms in total. The smallest absolute Gasteiger partial charge is 0.416 e.